The van der Waals surface area contributed by atoms with Crippen molar-refractivity contribution in [2.75, 3.05) is 4.72 Å². The van der Waals surface area contributed by atoms with Gasteiger partial charge >= 0.3 is 6.18 Å². The highest BCUT2D eigenvalue weighted by atomic mass is 32.2. The van der Waals surface area contributed by atoms with Crippen molar-refractivity contribution in [1.82, 2.24) is 4.57 Å². The van der Waals surface area contributed by atoms with E-state index >= 15 is 0 Å². The minimum Gasteiger partial charge on any atom is -0.322 e. The van der Waals surface area contributed by atoms with Gasteiger partial charge in [0, 0.05) is 12.4 Å². The molecule has 0 bridgehead atoms. The van der Waals surface area contributed by atoms with Crippen LogP contribution in [0.15, 0.2) is 71.9 Å². The van der Waals surface area contributed by atoms with Crippen LogP contribution in [0.4, 0.5) is 18.9 Å². The lowest BCUT2D eigenvalue weighted by atomic mass is 10.1. The van der Waals surface area contributed by atoms with Crippen LogP contribution in [-0.4, -0.2) is 13.0 Å². The summed E-state index contributed by atoms with van der Waals surface area (Å²) >= 11 is 0. The first-order chi connectivity index (χ1) is 12.2. The summed E-state index contributed by atoms with van der Waals surface area (Å²) in [5, 5.41) is 0. The second-order valence-electron chi connectivity index (χ2n) is 5.74. The molecule has 0 atom stereocenters. The number of hydrogen-bond donors (Lipinski definition) is 1. The van der Waals surface area contributed by atoms with Gasteiger partial charge in [-0.2, -0.15) is 13.2 Å². The third-order valence-electron chi connectivity index (χ3n) is 3.78. The van der Waals surface area contributed by atoms with Crippen molar-refractivity contribution >= 4 is 15.7 Å². The Bertz CT molecular complexity index is 1010. The third kappa shape index (κ3) is 3.75. The predicted octanol–water partition coefficient (Wildman–Crippen LogP) is 4.61. The highest BCUT2D eigenvalue weighted by Gasteiger charge is 2.31. The first kappa shape index (κ1) is 18.1. The normalized spacial score (nSPS) is 12.2. The topological polar surface area (TPSA) is 51.1 Å². The Kier molecular flexibility index (Phi) is 4.53. The van der Waals surface area contributed by atoms with Crippen molar-refractivity contribution in [3.05, 3.63) is 78.1 Å². The average molecular weight is 380 g/mol. The zero-order valence-corrected chi connectivity index (χ0v) is 14.5. The summed E-state index contributed by atoms with van der Waals surface area (Å²) < 4.78 is 68.2. The van der Waals surface area contributed by atoms with Crippen LogP contribution >= 0.6 is 0 Å². The molecule has 0 aliphatic heterocycles. The SMILES string of the molecule is Cc1ccc(S(=O)(=O)Nc2cc(C(F)(F)F)ccc2-n2cccc2)cc1. The Morgan fingerprint density at radius 2 is 1.58 bits per heavy atom. The quantitative estimate of drug-likeness (QED) is 0.719. The molecule has 1 aromatic heterocycles. The van der Waals surface area contributed by atoms with E-state index in [0.29, 0.717) is 5.69 Å². The van der Waals surface area contributed by atoms with Crippen molar-refractivity contribution in [1.29, 1.82) is 0 Å². The van der Waals surface area contributed by atoms with E-state index in [9.17, 15) is 21.6 Å². The molecule has 8 heteroatoms. The summed E-state index contributed by atoms with van der Waals surface area (Å²) in [6, 6.07) is 12.4. The largest absolute Gasteiger partial charge is 0.416 e. The van der Waals surface area contributed by atoms with Gasteiger partial charge in [0.2, 0.25) is 0 Å². The first-order valence-electron chi connectivity index (χ1n) is 7.61. The summed E-state index contributed by atoms with van der Waals surface area (Å²) in [7, 11) is -4.04. The fraction of sp³-hybridized carbons (Fsp3) is 0.111. The van der Waals surface area contributed by atoms with Crippen LogP contribution in [-0.2, 0) is 16.2 Å². The monoisotopic (exact) mass is 380 g/mol. The second-order valence-corrected chi connectivity index (χ2v) is 7.42. The molecular formula is C18H15F3N2O2S. The molecule has 4 nitrogen and oxygen atoms in total. The average Bonchev–Trinajstić information content (AvgIpc) is 3.08. The van der Waals surface area contributed by atoms with Crippen molar-refractivity contribution in [2.45, 2.75) is 18.0 Å². The number of halogens is 3. The van der Waals surface area contributed by atoms with Crippen molar-refractivity contribution in [2.24, 2.45) is 0 Å². The van der Waals surface area contributed by atoms with E-state index in [0.717, 1.165) is 17.7 Å². The number of sulfonamides is 1. The van der Waals surface area contributed by atoms with Gasteiger partial charge in [-0.15, -0.1) is 0 Å². The van der Waals surface area contributed by atoms with Gasteiger partial charge < -0.3 is 4.57 Å². The molecule has 3 rings (SSSR count). The van der Waals surface area contributed by atoms with Gasteiger partial charge in [-0.3, -0.25) is 4.72 Å². The summed E-state index contributed by atoms with van der Waals surface area (Å²) in [5.74, 6) is 0. The van der Waals surface area contributed by atoms with Crippen LogP contribution in [0.25, 0.3) is 5.69 Å². The number of alkyl halides is 3. The van der Waals surface area contributed by atoms with E-state index in [1.54, 1.807) is 43.6 Å². The van der Waals surface area contributed by atoms with Gasteiger partial charge in [0.1, 0.15) is 0 Å². The number of aryl methyl sites for hydroxylation is 1. The fourth-order valence-electron chi connectivity index (χ4n) is 2.44. The van der Waals surface area contributed by atoms with Crippen LogP contribution in [0.3, 0.4) is 0 Å². The Morgan fingerprint density at radius 1 is 0.962 bits per heavy atom. The molecule has 0 radical (unpaired) electrons. The molecule has 0 amide bonds. The molecule has 0 spiro atoms. The zero-order valence-electron chi connectivity index (χ0n) is 13.7. The number of hydrogen-bond acceptors (Lipinski definition) is 2. The molecule has 0 saturated carbocycles. The highest BCUT2D eigenvalue weighted by molar-refractivity contribution is 7.92. The molecule has 0 fully saturated rings. The number of rotatable bonds is 4. The Morgan fingerprint density at radius 3 is 2.15 bits per heavy atom. The molecule has 0 unspecified atom stereocenters. The summed E-state index contributed by atoms with van der Waals surface area (Å²) in [6.45, 7) is 1.81. The van der Waals surface area contributed by atoms with Crippen LogP contribution < -0.4 is 4.72 Å². The zero-order chi connectivity index (χ0) is 18.9. The Balaban J connectivity index is 2.08. The molecule has 0 aliphatic carbocycles. The predicted molar refractivity (Wildman–Crippen MR) is 92.8 cm³/mol. The molecule has 0 saturated heterocycles. The molecule has 2 aromatic carbocycles. The van der Waals surface area contributed by atoms with E-state index in [-0.39, 0.29) is 10.6 Å². The number of nitrogens with zero attached hydrogens (tertiary/aromatic N) is 1. The van der Waals surface area contributed by atoms with Gasteiger partial charge in [0.25, 0.3) is 10.0 Å². The minimum absolute atomic E-state index is 0.0287. The molecular weight excluding hydrogens is 365 g/mol. The van der Waals surface area contributed by atoms with Gasteiger partial charge in [-0.1, -0.05) is 17.7 Å². The Labute approximate surface area is 149 Å². The number of anilines is 1. The highest BCUT2D eigenvalue weighted by Crippen LogP contribution is 2.34. The molecule has 136 valence electrons. The van der Waals surface area contributed by atoms with E-state index < -0.39 is 21.8 Å². The van der Waals surface area contributed by atoms with E-state index in [1.165, 1.54) is 22.8 Å². The number of nitrogens with one attached hydrogen (secondary N) is 1. The van der Waals surface area contributed by atoms with Crippen molar-refractivity contribution < 1.29 is 21.6 Å². The van der Waals surface area contributed by atoms with Crippen LogP contribution in [0.2, 0.25) is 0 Å². The lowest BCUT2D eigenvalue weighted by Crippen LogP contribution is -2.16. The molecule has 3 aromatic rings. The molecule has 0 aliphatic rings. The maximum absolute atomic E-state index is 13.1. The van der Waals surface area contributed by atoms with Gasteiger partial charge in [-0.05, 0) is 49.4 Å². The molecule has 1 N–H and O–H groups in total. The van der Waals surface area contributed by atoms with Gasteiger partial charge in [0.05, 0.1) is 21.8 Å². The Hall–Kier alpha value is -2.74. The molecule has 1 heterocycles. The van der Waals surface area contributed by atoms with Crippen molar-refractivity contribution in [3.8, 4) is 5.69 Å². The summed E-state index contributed by atoms with van der Waals surface area (Å²) in [6.07, 6.45) is -1.35. The van der Waals surface area contributed by atoms with Gasteiger partial charge in [-0.25, -0.2) is 8.42 Å². The van der Waals surface area contributed by atoms with Crippen LogP contribution in [0.1, 0.15) is 11.1 Å². The molecule has 26 heavy (non-hydrogen) atoms. The summed E-state index contributed by atoms with van der Waals surface area (Å²) in [4.78, 5) is -0.0287. The fourth-order valence-corrected chi connectivity index (χ4v) is 3.50. The smallest absolute Gasteiger partial charge is 0.322 e. The number of aromatic nitrogens is 1. The van der Waals surface area contributed by atoms with E-state index in [4.69, 9.17) is 0 Å². The van der Waals surface area contributed by atoms with Gasteiger partial charge in [0.15, 0.2) is 0 Å². The third-order valence-corrected chi connectivity index (χ3v) is 5.16. The maximum Gasteiger partial charge on any atom is 0.416 e. The van der Waals surface area contributed by atoms with Crippen LogP contribution in [0, 0.1) is 6.92 Å². The number of benzene rings is 2. The lowest BCUT2D eigenvalue weighted by molar-refractivity contribution is -0.137. The second kappa shape index (κ2) is 6.53. The van der Waals surface area contributed by atoms with E-state index in [2.05, 4.69) is 4.72 Å². The maximum atomic E-state index is 13.1. The standard InChI is InChI=1S/C18H15F3N2O2S/c1-13-4-7-15(8-5-13)26(24,25)22-16-12-14(18(19,20)21)6-9-17(16)23-10-2-3-11-23/h2-12,22H,1H3. The van der Waals surface area contributed by atoms with E-state index in [1.807, 2.05) is 0 Å². The summed E-state index contributed by atoms with van der Waals surface area (Å²) in [5.41, 5.74) is 0.0707. The minimum atomic E-state index is -4.58. The first-order valence-corrected chi connectivity index (χ1v) is 9.09. The van der Waals surface area contributed by atoms with Crippen molar-refractivity contribution in [3.63, 3.8) is 0 Å². The lowest BCUT2D eigenvalue weighted by Gasteiger charge is -2.16. The van der Waals surface area contributed by atoms with Crippen LogP contribution in [0.5, 0.6) is 0 Å².